The number of anilines is 1. The van der Waals surface area contributed by atoms with E-state index in [0.29, 0.717) is 61.1 Å². The average Bonchev–Trinajstić information content (AvgIpc) is 3.25. The Morgan fingerprint density at radius 2 is 1.70 bits per heavy atom. The number of amides is 1. The Bertz CT molecular complexity index is 2200. The van der Waals surface area contributed by atoms with E-state index in [4.69, 9.17) is 30.1 Å². The SMILES string of the molecule is C#Cc1ccc(OC2C(C)(C)C(CC(=O)c3ccc(N4CCO[C@@H](CN(CCOC)C5CC(Oc6ccc(C(=O)N[C@@H]7CCC(=O)CC7=O)c(F)c6)C5)C4)cc3)C2(C)C)cc1OC. The van der Waals surface area contributed by atoms with Crippen LogP contribution in [0.2, 0.25) is 0 Å². The molecule has 3 aliphatic carbocycles. The van der Waals surface area contributed by atoms with Gasteiger partial charge in [0.05, 0.1) is 50.0 Å². The fourth-order valence-electron chi connectivity index (χ4n) is 10.3. The van der Waals surface area contributed by atoms with E-state index in [1.807, 2.05) is 42.5 Å². The summed E-state index contributed by atoms with van der Waals surface area (Å²) in [6, 6.07) is 17.0. The second-order valence-corrected chi connectivity index (χ2v) is 18.6. The van der Waals surface area contributed by atoms with Crippen molar-refractivity contribution < 1.29 is 47.3 Å². The Kier molecular flexibility index (Phi) is 13.9. The summed E-state index contributed by atoms with van der Waals surface area (Å²) in [6.07, 6.45) is 7.44. The summed E-state index contributed by atoms with van der Waals surface area (Å²) in [5, 5.41) is 2.57. The van der Waals surface area contributed by atoms with Crippen molar-refractivity contribution >= 4 is 28.9 Å². The minimum Gasteiger partial charge on any atom is -0.495 e. The molecule has 13 heteroatoms. The zero-order valence-corrected chi connectivity index (χ0v) is 37.2. The minimum atomic E-state index is -0.790. The van der Waals surface area contributed by atoms with Crippen LogP contribution in [0.4, 0.5) is 10.1 Å². The van der Waals surface area contributed by atoms with Gasteiger partial charge in [-0.2, -0.15) is 0 Å². The molecule has 7 rings (SSSR count). The molecule has 3 aromatic rings. The number of carbonyl (C=O) groups excluding carboxylic acids is 4. The number of terminal acetylenes is 1. The third-order valence-electron chi connectivity index (χ3n) is 13.7. The van der Waals surface area contributed by atoms with Gasteiger partial charge < -0.3 is 33.9 Å². The number of methoxy groups -OCH3 is 2. The molecule has 1 aliphatic heterocycles. The molecule has 1 heterocycles. The van der Waals surface area contributed by atoms with Crippen molar-refractivity contribution in [1.29, 1.82) is 0 Å². The molecule has 2 atom stereocenters. The number of nitrogens with one attached hydrogen (secondary N) is 1. The molecule has 3 aromatic carbocycles. The number of nitrogens with zero attached hydrogens (tertiary/aromatic N) is 2. The van der Waals surface area contributed by atoms with E-state index in [2.05, 4.69) is 48.7 Å². The molecule has 1 amide bonds. The van der Waals surface area contributed by atoms with Crippen molar-refractivity contribution in [3.63, 3.8) is 0 Å². The molecular weight excluding hydrogens is 806 g/mol. The largest absolute Gasteiger partial charge is 0.495 e. The minimum absolute atomic E-state index is 0.0522. The standard InChI is InChI=1S/C50H60FN3O9/c1-8-31-11-15-37(27-45(31)60-7)63-48-49(2,3)46(50(48,4)5)28-43(56)32-9-12-33(13-10-32)53-20-22-61-39(29-53)30-54(19-21-59-6)34-23-38(24-34)62-36-16-17-40(41(51)26-36)47(58)52-42-18-14-35(55)25-44(42)57/h1,9-13,15-17,26-27,34,38-39,42,46,48H,14,18-25,28-30H2,2-7H3,(H,52,58)/t34?,38?,39-,42-,46?,48?/m1/s1. The first-order valence-corrected chi connectivity index (χ1v) is 22.0. The summed E-state index contributed by atoms with van der Waals surface area (Å²) in [4.78, 5) is 54.9. The van der Waals surface area contributed by atoms with Gasteiger partial charge >= 0.3 is 0 Å². The highest BCUT2D eigenvalue weighted by atomic mass is 19.1. The molecule has 4 aliphatic rings. The van der Waals surface area contributed by atoms with Crippen molar-refractivity contribution in [2.24, 2.45) is 16.7 Å². The molecule has 336 valence electrons. The van der Waals surface area contributed by atoms with E-state index in [-0.39, 0.29) is 83.3 Å². The van der Waals surface area contributed by atoms with Gasteiger partial charge in [-0.3, -0.25) is 24.1 Å². The molecule has 4 fully saturated rings. The molecule has 0 bridgehead atoms. The van der Waals surface area contributed by atoms with Crippen LogP contribution in [0.15, 0.2) is 60.7 Å². The summed E-state index contributed by atoms with van der Waals surface area (Å²) < 4.78 is 44.9. The third kappa shape index (κ3) is 10.1. The van der Waals surface area contributed by atoms with Crippen LogP contribution >= 0.6 is 0 Å². The van der Waals surface area contributed by atoms with Gasteiger partial charge in [-0.05, 0) is 60.9 Å². The maximum absolute atomic E-state index is 15.1. The monoisotopic (exact) mass is 865 g/mol. The number of hydrogen-bond donors (Lipinski definition) is 1. The number of benzene rings is 3. The number of Topliss-reactive ketones (excluding diaryl/α,β-unsaturated/α-hetero) is 3. The van der Waals surface area contributed by atoms with Gasteiger partial charge in [0, 0.05) is 99.2 Å². The predicted octanol–water partition coefficient (Wildman–Crippen LogP) is 6.70. The topological polar surface area (TPSA) is 133 Å². The zero-order valence-electron chi connectivity index (χ0n) is 37.2. The number of ketones is 3. The van der Waals surface area contributed by atoms with Crippen molar-refractivity contribution in [2.75, 3.05) is 58.5 Å². The Labute approximate surface area is 370 Å². The van der Waals surface area contributed by atoms with Crippen LogP contribution in [-0.4, -0.2) is 112 Å². The molecule has 0 unspecified atom stereocenters. The van der Waals surface area contributed by atoms with E-state index < -0.39 is 17.8 Å². The molecule has 63 heavy (non-hydrogen) atoms. The lowest BCUT2D eigenvalue weighted by Gasteiger charge is -2.63. The lowest BCUT2D eigenvalue weighted by Crippen LogP contribution is -2.66. The molecular formula is C50H60FN3O9. The second-order valence-electron chi connectivity index (χ2n) is 18.6. The lowest BCUT2D eigenvalue weighted by molar-refractivity contribution is -0.196. The summed E-state index contributed by atoms with van der Waals surface area (Å²) in [5.41, 5.74) is 1.72. The summed E-state index contributed by atoms with van der Waals surface area (Å²) in [5.74, 6) is 2.53. The number of rotatable bonds is 17. The quantitative estimate of drug-likeness (QED) is 0.0884. The normalized spacial score (nSPS) is 25.0. The Balaban J connectivity index is 0.893. The van der Waals surface area contributed by atoms with Crippen LogP contribution in [0.5, 0.6) is 17.2 Å². The van der Waals surface area contributed by atoms with Gasteiger partial charge in [-0.15, -0.1) is 6.42 Å². The van der Waals surface area contributed by atoms with E-state index >= 15 is 4.39 Å². The van der Waals surface area contributed by atoms with Crippen LogP contribution in [-0.2, 0) is 19.1 Å². The third-order valence-corrected chi connectivity index (χ3v) is 13.7. The van der Waals surface area contributed by atoms with E-state index in [1.165, 1.54) is 12.1 Å². The van der Waals surface area contributed by atoms with E-state index in [1.54, 1.807) is 20.3 Å². The molecule has 0 aromatic heterocycles. The van der Waals surface area contributed by atoms with Crippen molar-refractivity contribution in [2.45, 2.75) is 96.6 Å². The number of halogens is 1. The average molecular weight is 866 g/mol. The number of morpholine rings is 1. The Morgan fingerprint density at radius 1 is 0.984 bits per heavy atom. The highest BCUT2D eigenvalue weighted by Gasteiger charge is 2.63. The second kappa shape index (κ2) is 19.2. The maximum atomic E-state index is 15.1. The summed E-state index contributed by atoms with van der Waals surface area (Å²) in [6.45, 7) is 12.7. The number of carbonyl (C=O) groups is 4. The Hall–Kier alpha value is -5.29. The molecule has 12 nitrogen and oxygen atoms in total. The first kappa shape index (κ1) is 45.7. The maximum Gasteiger partial charge on any atom is 0.254 e. The molecule has 3 saturated carbocycles. The smallest absolute Gasteiger partial charge is 0.254 e. The van der Waals surface area contributed by atoms with E-state index in [0.717, 1.165) is 31.6 Å². The molecule has 1 N–H and O–H groups in total. The Morgan fingerprint density at radius 3 is 2.37 bits per heavy atom. The van der Waals surface area contributed by atoms with Gasteiger partial charge in [0.25, 0.3) is 5.91 Å². The highest BCUT2D eigenvalue weighted by Crippen LogP contribution is 2.62. The first-order chi connectivity index (χ1) is 30.1. The van der Waals surface area contributed by atoms with Crippen molar-refractivity contribution in [3.8, 4) is 29.6 Å². The van der Waals surface area contributed by atoms with Crippen LogP contribution in [0.25, 0.3) is 0 Å². The fraction of sp³-hybridized carbons (Fsp3) is 0.520. The van der Waals surface area contributed by atoms with E-state index in [9.17, 15) is 19.2 Å². The summed E-state index contributed by atoms with van der Waals surface area (Å²) in [7, 11) is 3.27. The highest BCUT2D eigenvalue weighted by molar-refractivity contribution is 6.06. The van der Waals surface area contributed by atoms with Gasteiger partial charge in [0.15, 0.2) is 11.6 Å². The lowest BCUT2D eigenvalue weighted by atomic mass is 9.44. The number of ether oxygens (including phenoxy) is 5. The van der Waals surface area contributed by atoms with Crippen LogP contribution in [0.3, 0.4) is 0 Å². The van der Waals surface area contributed by atoms with Crippen LogP contribution in [0.1, 0.15) is 92.5 Å². The van der Waals surface area contributed by atoms with Gasteiger partial charge in [0.2, 0.25) is 0 Å². The van der Waals surface area contributed by atoms with Gasteiger partial charge in [-0.1, -0.05) is 33.6 Å². The predicted molar refractivity (Wildman–Crippen MR) is 236 cm³/mol. The van der Waals surface area contributed by atoms with Crippen molar-refractivity contribution in [3.05, 3.63) is 83.2 Å². The molecule has 0 radical (unpaired) electrons. The zero-order chi connectivity index (χ0) is 45.1. The van der Waals surface area contributed by atoms with Gasteiger partial charge in [0.1, 0.15) is 41.1 Å². The van der Waals surface area contributed by atoms with Gasteiger partial charge in [-0.25, -0.2) is 4.39 Å². The fourth-order valence-corrected chi connectivity index (χ4v) is 10.3. The number of hydrogen-bond acceptors (Lipinski definition) is 11. The van der Waals surface area contributed by atoms with Crippen LogP contribution < -0.4 is 24.4 Å². The van der Waals surface area contributed by atoms with Crippen molar-refractivity contribution in [1.82, 2.24) is 10.2 Å². The first-order valence-electron chi connectivity index (χ1n) is 22.0. The molecule has 1 saturated heterocycles. The summed E-state index contributed by atoms with van der Waals surface area (Å²) >= 11 is 0. The molecule has 0 spiro atoms. The van der Waals surface area contributed by atoms with Crippen LogP contribution in [0, 0.1) is 34.9 Å².